The topological polar surface area (TPSA) is 56.7 Å². The number of nitrogens with two attached hydrogens (primary N) is 1. The predicted molar refractivity (Wildman–Crippen MR) is 65.9 cm³/mol. The molecule has 0 atom stereocenters. The van der Waals surface area contributed by atoms with E-state index in [-0.39, 0.29) is 0 Å². The second-order valence-electron chi connectivity index (χ2n) is 4.25. The largest absolute Gasteiger partial charge is 0.324 e. The molecule has 1 aromatic rings. The van der Waals surface area contributed by atoms with E-state index in [2.05, 4.69) is 17.0 Å². The molecular formula is C12H24N4. The van der Waals surface area contributed by atoms with Crippen molar-refractivity contribution in [2.45, 2.75) is 65.0 Å². The second kappa shape index (κ2) is 8.28. The Morgan fingerprint density at radius 3 is 2.44 bits per heavy atom. The molecule has 0 unspecified atom stereocenters. The van der Waals surface area contributed by atoms with Gasteiger partial charge in [-0.3, -0.25) is 4.68 Å². The fraction of sp³-hybridized carbons (Fsp3) is 0.833. The van der Waals surface area contributed by atoms with Gasteiger partial charge in [-0.2, -0.15) is 5.10 Å². The van der Waals surface area contributed by atoms with Crippen LogP contribution in [0.4, 0.5) is 0 Å². The minimum Gasteiger partial charge on any atom is -0.324 e. The Hall–Kier alpha value is -0.900. The van der Waals surface area contributed by atoms with E-state index in [1.807, 2.05) is 4.68 Å². The Kier molecular flexibility index (Phi) is 6.81. The SMILES string of the molecule is CCCCCCCCCn1cnc(CN)n1. The fourth-order valence-electron chi connectivity index (χ4n) is 1.77. The molecule has 2 N–H and O–H groups in total. The van der Waals surface area contributed by atoms with Crippen molar-refractivity contribution < 1.29 is 0 Å². The van der Waals surface area contributed by atoms with Gasteiger partial charge in [0.15, 0.2) is 5.82 Å². The molecular weight excluding hydrogens is 200 g/mol. The quantitative estimate of drug-likeness (QED) is 0.656. The smallest absolute Gasteiger partial charge is 0.164 e. The van der Waals surface area contributed by atoms with Gasteiger partial charge in [-0.15, -0.1) is 0 Å². The normalized spacial score (nSPS) is 10.9. The summed E-state index contributed by atoms with van der Waals surface area (Å²) >= 11 is 0. The van der Waals surface area contributed by atoms with Crippen LogP contribution in [0.3, 0.4) is 0 Å². The van der Waals surface area contributed by atoms with Gasteiger partial charge in [0.25, 0.3) is 0 Å². The first-order valence-electron chi connectivity index (χ1n) is 6.45. The van der Waals surface area contributed by atoms with Crippen LogP contribution in [0.25, 0.3) is 0 Å². The van der Waals surface area contributed by atoms with Gasteiger partial charge < -0.3 is 5.73 Å². The summed E-state index contributed by atoms with van der Waals surface area (Å²) in [6.45, 7) is 3.66. The molecule has 4 heteroatoms. The molecule has 0 fully saturated rings. The van der Waals surface area contributed by atoms with Crippen molar-refractivity contribution in [2.24, 2.45) is 5.73 Å². The van der Waals surface area contributed by atoms with Crippen LogP contribution in [0, 0.1) is 0 Å². The van der Waals surface area contributed by atoms with Crippen molar-refractivity contribution in [3.63, 3.8) is 0 Å². The maximum atomic E-state index is 5.45. The highest BCUT2D eigenvalue weighted by molar-refractivity contribution is 4.78. The van der Waals surface area contributed by atoms with Gasteiger partial charge in [0.05, 0.1) is 6.54 Å². The number of nitrogens with zero attached hydrogens (tertiary/aromatic N) is 3. The summed E-state index contributed by atoms with van der Waals surface area (Å²) in [5.74, 6) is 0.739. The Balaban J connectivity index is 1.98. The lowest BCUT2D eigenvalue weighted by atomic mass is 10.1. The third-order valence-electron chi connectivity index (χ3n) is 2.76. The molecule has 1 rings (SSSR count). The van der Waals surface area contributed by atoms with Crippen LogP contribution in [-0.2, 0) is 13.1 Å². The molecule has 4 nitrogen and oxygen atoms in total. The number of hydrogen-bond acceptors (Lipinski definition) is 3. The van der Waals surface area contributed by atoms with Gasteiger partial charge in [-0.1, -0.05) is 45.4 Å². The fourth-order valence-corrected chi connectivity index (χ4v) is 1.77. The Morgan fingerprint density at radius 1 is 1.12 bits per heavy atom. The highest BCUT2D eigenvalue weighted by Crippen LogP contribution is 2.07. The molecule has 0 amide bonds. The third kappa shape index (κ3) is 5.26. The molecule has 0 bridgehead atoms. The number of hydrogen-bond donors (Lipinski definition) is 1. The van der Waals surface area contributed by atoms with Gasteiger partial charge >= 0.3 is 0 Å². The maximum Gasteiger partial charge on any atom is 0.164 e. The zero-order valence-electron chi connectivity index (χ0n) is 10.4. The summed E-state index contributed by atoms with van der Waals surface area (Å²) in [4.78, 5) is 4.10. The maximum absolute atomic E-state index is 5.45. The zero-order chi connectivity index (χ0) is 11.6. The van der Waals surface area contributed by atoms with E-state index in [4.69, 9.17) is 5.73 Å². The highest BCUT2D eigenvalue weighted by Gasteiger charge is 1.97. The van der Waals surface area contributed by atoms with E-state index in [1.54, 1.807) is 6.33 Å². The molecule has 0 aliphatic heterocycles. The average Bonchev–Trinajstić information content (AvgIpc) is 2.76. The Labute approximate surface area is 98.2 Å². The number of unbranched alkanes of at least 4 members (excludes halogenated alkanes) is 6. The Morgan fingerprint density at radius 2 is 1.81 bits per heavy atom. The van der Waals surface area contributed by atoms with E-state index in [9.17, 15) is 0 Å². The van der Waals surface area contributed by atoms with Crippen molar-refractivity contribution in [1.29, 1.82) is 0 Å². The molecule has 92 valence electrons. The van der Waals surface area contributed by atoms with Crippen LogP contribution in [0.15, 0.2) is 6.33 Å². The van der Waals surface area contributed by atoms with E-state index in [0.29, 0.717) is 6.54 Å². The van der Waals surface area contributed by atoms with E-state index in [1.165, 1.54) is 44.9 Å². The first-order chi connectivity index (χ1) is 7.86. The van der Waals surface area contributed by atoms with Gasteiger partial charge in [0.1, 0.15) is 6.33 Å². The van der Waals surface area contributed by atoms with Gasteiger partial charge in [0, 0.05) is 6.54 Å². The lowest BCUT2D eigenvalue weighted by Gasteiger charge is -2.01. The molecule has 0 aliphatic carbocycles. The van der Waals surface area contributed by atoms with Crippen LogP contribution in [0.5, 0.6) is 0 Å². The summed E-state index contributed by atoms with van der Waals surface area (Å²) in [5.41, 5.74) is 5.45. The number of aryl methyl sites for hydroxylation is 1. The molecule has 0 aliphatic rings. The predicted octanol–water partition coefficient (Wildman–Crippen LogP) is 2.49. The molecule has 16 heavy (non-hydrogen) atoms. The molecule has 0 radical (unpaired) electrons. The third-order valence-corrected chi connectivity index (χ3v) is 2.76. The van der Waals surface area contributed by atoms with Gasteiger partial charge in [-0.25, -0.2) is 4.98 Å². The van der Waals surface area contributed by atoms with Crippen molar-refractivity contribution in [2.75, 3.05) is 0 Å². The lowest BCUT2D eigenvalue weighted by Crippen LogP contribution is -2.02. The Bertz CT molecular complexity index is 270. The number of rotatable bonds is 9. The summed E-state index contributed by atoms with van der Waals surface area (Å²) in [7, 11) is 0. The highest BCUT2D eigenvalue weighted by atomic mass is 15.3. The van der Waals surface area contributed by atoms with Gasteiger partial charge in [0.2, 0.25) is 0 Å². The summed E-state index contributed by atoms with van der Waals surface area (Å²) in [6.07, 6.45) is 11.1. The first kappa shape index (κ1) is 13.2. The summed E-state index contributed by atoms with van der Waals surface area (Å²) < 4.78 is 1.90. The molecule has 1 heterocycles. The zero-order valence-corrected chi connectivity index (χ0v) is 10.4. The van der Waals surface area contributed by atoms with Crippen molar-refractivity contribution in [1.82, 2.24) is 14.8 Å². The molecule has 0 saturated carbocycles. The number of aromatic nitrogens is 3. The lowest BCUT2D eigenvalue weighted by molar-refractivity contribution is 0.520. The van der Waals surface area contributed by atoms with E-state index < -0.39 is 0 Å². The standard InChI is InChI=1S/C12H24N4/c1-2-3-4-5-6-7-8-9-16-11-14-12(10-13)15-16/h11H,2-10,13H2,1H3. The molecule has 0 spiro atoms. The van der Waals surface area contributed by atoms with Crippen molar-refractivity contribution in [3.05, 3.63) is 12.2 Å². The molecule has 1 aromatic heterocycles. The van der Waals surface area contributed by atoms with Crippen molar-refractivity contribution >= 4 is 0 Å². The van der Waals surface area contributed by atoms with Crippen molar-refractivity contribution in [3.8, 4) is 0 Å². The van der Waals surface area contributed by atoms with E-state index >= 15 is 0 Å². The average molecular weight is 224 g/mol. The monoisotopic (exact) mass is 224 g/mol. The molecule has 0 saturated heterocycles. The first-order valence-corrected chi connectivity index (χ1v) is 6.45. The van der Waals surface area contributed by atoms with Crippen LogP contribution < -0.4 is 5.73 Å². The summed E-state index contributed by atoms with van der Waals surface area (Å²) in [5, 5.41) is 4.26. The van der Waals surface area contributed by atoms with Gasteiger partial charge in [-0.05, 0) is 6.42 Å². The minimum absolute atomic E-state index is 0.435. The molecule has 0 aromatic carbocycles. The second-order valence-corrected chi connectivity index (χ2v) is 4.25. The van der Waals surface area contributed by atoms with Crippen LogP contribution in [-0.4, -0.2) is 14.8 Å². The van der Waals surface area contributed by atoms with E-state index in [0.717, 1.165) is 12.4 Å². The van der Waals surface area contributed by atoms with Crippen LogP contribution in [0.1, 0.15) is 57.7 Å². The minimum atomic E-state index is 0.435. The van der Waals surface area contributed by atoms with Crippen LogP contribution in [0.2, 0.25) is 0 Å². The summed E-state index contributed by atoms with van der Waals surface area (Å²) in [6, 6.07) is 0. The van der Waals surface area contributed by atoms with Crippen LogP contribution >= 0.6 is 0 Å².